The third-order valence-electron chi connectivity index (χ3n) is 4.65. The molecule has 0 spiro atoms. The summed E-state index contributed by atoms with van der Waals surface area (Å²) in [6, 6.07) is 12.0. The van der Waals surface area contributed by atoms with Gasteiger partial charge < -0.3 is 4.74 Å². The Bertz CT molecular complexity index is 1150. The predicted octanol–water partition coefficient (Wildman–Crippen LogP) is 6.46. The molecule has 1 heterocycles. The molecule has 0 bridgehead atoms. The van der Waals surface area contributed by atoms with Crippen LogP contribution in [0, 0.1) is 5.41 Å². The van der Waals surface area contributed by atoms with Crippen LogP contribution in [0.15, 0.2) is 47.3 Å². The molecule has 1 aromatic heterocycles. The number of alkyl halides is 3. The Kier molecular flexibility index (Phi) is 7.47. The van der Waals surface area contributed by atoms with Gasteiger partial charge in [0.25, 0.3) is 0 Å². The van der Waals surface area contributed by atoms with Crippen LogP contribution < -0.4 is 10.4 Å². The lowest BCUT2D eigenvalue weighted by Gasteiger charge is -2.18. The van der Waals surface area contributed by atoms with Crippen LogP contribution in [0.3, 0.4) is 0 Å². The summed E-state index contributed by atoms with van der Waals surface area (Å²) in [7, 11) is 0. The number of hydrogen-bond donors (Lipinski definition) is 1. The fourth-order valence-electron chi connectivity index (χ4n) is 3.04. The van der Waals surface area contributed by atoms with Crippen molar-refractivity contribution in [3.8, 4) is 28.5 Å². The molecular formula is C24H25ClF3N3O2. The third kappa shape index (κ3) is 7.60. The molecule has 3 aromatic rings. The van der Waals surface area contributed by atoms with E-state index in [4.69, 9.17) is 16.3 Å². The molecule has 0 aliphatic rings. The van der Waals surface area contributed by atoms with Crippen molar-refractivity contribution in [3.63, 3.8) is 0 Å². The lowest BCUT2D eigenvalue weighted by molar-refractivity contribution is -0.135. The van der Waals surface area contributed by atoms with Crippen molar-refractivity contribution in [2.24, 2.45) is 5.41 Å². The molecule has 0 fully saturated rings. The van der Waals surface area contributed by atoms with Gasteiger partial charge in [-0.2, -0.15) is 18.2 Å². The highest BCUT2D eigenvalue weighted by Gasteiger charge is 2.26. The summed E-state index contributed by atoms with van der Waals surface area (Å²) in [5, 5.41) is 0.320. The van der Waals surface area contributed by atoms with E-state index in [0.717, 1.165) is 0 Å². The third-order valence-corrected chi connectivity index (χ3v) is 4.98. The number of H-pyrrole nitrogens is 1. The van der Waals surface area contributed by atoms with Gasteiger partial charge in [0.2, 0.25) is 0 Å². The summed E-state index contributed by atoms with van der Waals surface area (Å²) < 4.78 is 43.1. The second kappa shape index (κ2) is 9.95. The van der Waals surface area contributed by atoms with Gasteiger partial charge in [-0.3, -0.25) is 4.98 Å². The molecule has 1 N–H and O–H groups in total. The average molecular weight is 480 g/mol. The van der Waals surface area contributed by atoms with E-state index in [0.29, 0.717) is 34.1 Å². The molecule has 0 saturated heterocycles. The number of halogens is 4. The molecule has 0 aliphatic carbocycles. The van der Waals surface area contributed by atoms with E-state index in [1.807, 2.05) is 0 Å². The first kappa shape index (κ1) is 24.8. The lowest BCUT2D eigenvalue weighted by Crippen LogP contribution is -2.16. The van der Waals surface area contributed by atoms with Crippen molar-refractivity contribution < 1.29 is 17.9 Å². The van der Waals surface area contributed by atoms with E-state index in [2.05, 4.69) is 35.7 Å². The van der Waals surface area contributed by atoms with Crippen molar-refractivity contribution in [3.05, 3.63) is 63.5 Å². The van der Waals surface area contributed by atoms with Gasteiger partial charge in [-0.25, -0.2) is 9.78 Å². The largest absolute Gasteiger partial charge is 0.493 e. The van der Waals surface area contributed by atoms with E-state index in [1.165, 1.54) is 0 Å². The molecule has 2 aromatic carbocycles. The second-order valence-corrected chi connectivity index (χ2v) is 9.39. The minimum Gasteiger partial charge on any atom is -0.493 e. The van der Waals surface area contributed by atoms with E-state index in [9.17, 15) is 18.0 Å². The summed E-state index contributed by atoms with van der Waals surface area (Å²) >= 11 is 6.30. The van der Waals surface area contributed by atoms with Gasteiger partial charge in [-0.15, -0.1) is 0 Å². The Morgan fingerprint density at radius 1 is 1.03 bits per heavy atom. The molecule has 0 radical (unpaired) electrons. The maximum absolute atomic E-state index is 12.5. The highest BCUT2D eigenvalue weighted by atomic mass is 35.5. The van der Waals surface area contributed by atoms with Crippen molar-refractivity contribution >= 4 is 11.6 Å². The minimum atomic E-state index is -4.20. The molecule has 0 unspecified atom stereocenters. The Hall–Kier alpha value is -2.87. The predicted molar refractivity (Wildman–Crippen MR) is 122 cm³/mol. The standard InChI is InChI=1S/C24H25ClF3N3O2/c1-23(2,3)14-33-17-9-7-16(8-10-17)20-29-21(31-22(32)30-20)18-13-15(6-11-19(18)25)5-4-12-24(26,27)28/h6-11,13H,4-5,12,14H2,1-3H3,(H,29,30,31,32). The van der Waals surface area contributed by atoms with Gasteiger partial charge in [0.1, 0.15) is 11.6 Å². The van der Waals surface area contributed by atoms with E-state index in [1.54, 1.807) is 42.5 Å². The summed E-state index contributed by atoms with van der Waals surface area (Å²) in [4.78, 5) is 23.2. The number of aromatic nitrogens is 3. The molecule has 5 nitrogen and oxygen atoms in total. The molecular weight excluding hydrogens is 455 g/mol. The topological polar surface area (TPSA) is 67.9 Å². The number of hydrogen-bond acceptors (Lipinski definition) is 4. The minimum absolute atomic E-state index is 0.0178. The Morgan fingerprint density at radius 3 is 2.36 bits per heavy atom. The zero-order valence-electron chi connectivity index (χ0n) is 18.6. The van der Waals surface area contributed by atoms with Gasteiger partial charge in [0.05, 0.1) is 11.6 Å². The van der Waals surface area contributed by atoms with Crippen molar-refractivity contribution in [2.75, 3.05) is 6.61 Å². The van der Waals surface area contributed by atoms with Crippen LogP contribution in [0.2, 0.25) is 5.02 Å². The van der Waals surface area contributed by atoms with Crippen LogP contribution in [-0.2, 0) is 6.42 Å². The first-order chi connectivity index (χ1) is 15.4. The lowest BCUT2D eigenvalue weighted by atomic mass is 9.99. The smallest absolute Gasteiger partial charge is 0.389 e. The number of ether oxygens (including phenoxy) is 1. The zero-order valence-corrected chi connectivity index (χ0v) is 19.3. The summed E-state index contributed by atoms with van der Waals surface area (Å²) in [5.74, 6) is 1.09. The number of nitrogens with one attached hydrogen (secondary N) is 1. The van der Waals surface area contributed by atoms with E-state index < -0.39 is 18.3 Å². The van der Waals surface area contributed by atoms with Gasteiger partial charge in [-0.05, 0) is 60.2 Å². The second-order valence-electron chi connectivity index (χ2n) is 8.98. The highest BCUT2D eigenvalue weighted by Crippen LogP contribution is 2.29. The van der Waals surface area contributed by atoms with E-state index in [-0.39, 0.29) is 29.9 Å². The molecule has 176 valence electrons. The van der Waals surface area contributed by atoms with Gasteiger partial charge in [0.15, 0.2) is 5.82 Å². The molecule has 9 heteroatoms. The number of nitrogens with zero attached hydrogens (tertiary/aromatic N) is 2. The SMILES string of the molecule is CC(C)(C)COc1ccc(-c2nc(-c3cc(CCCC(F)(F)F)ccc3Cl)[nH]c(=O)n2)cc1. The number of aromatic amines is 1. The molecule has 0 aliphatic heterocycles. The summed E-state index contributed by atoms with van der Waals surface area (Å²) in [5.41, 5.74) is 1.11. The number of rotatable bonds is 7. The van der Waals surface area contributed by atoms with Gasteiger partial charge in [-0.1, -0.05) is 38.4 Å². The Balaban J connectivity index is 1.84. The first-order valence-corrected chi connectivity index (χ1v) is 10.8. The van der Waals surface area contributed by atoms with Crippen LogP contribution >= 0.6 is 11.6 Å². The summed E-state index contributed by atoms with van der Waals surface area (Å²) in [6.07, 6.45) is -4.88. The van der Waals surface area contributed by atoms with Crippen molar-refractivity contribution in [2.45, 2.75) is 46.2 Å². The fraction of sp³-hybridized carbons (Fsp3) is 0.375. The first-order valence-electron chi connectivity index (χ1n) is 10.5. The van der Waals surface area contributed by atoms with Crippen molar-refractivity contribution in [1.29, 1.82) is 0 Å². The number of aryl methyl sites for hydroxylation is 1. The van der Waals surface area contributed by atoms with Crippen molar-refractivity contribution in [1.82, 2.24) is 15.0 Å². The van der Waals surface area contributed by atoms with Gasteiger partial charge >= 0.3 is 11.9 Å². The molecule has 0 atom stereocenters. The van der Waals surface area contributed by atoms with Crippen LogP contribution in [0.4, 0.5) is 13.2 Å². The fourth-order valence-corrected chi connectivity index (χ4v) is 3.25. The molecule has 33 heavy (non-hydrogen) atoms. The highest BCUT2D eigenvalue weighted by molar-refractivity contribution is 6.33. The van der Waals surface area contributed by atoms with Crippen LogP contribution in [-0.4, -0.2) is 27.7 Å². The maximum atomic E-state index is 12.5. The van der Waals surface area contributed by atoms with Crippen LogP contribution in [0.1, 0.15) is 39.2 Å². The molecule has 3 rings (SSSR count). The average Bonchev–Trinajstić information content (AvgIpc) is 2.72. The maximum Gasteiger partial charge on any atom is 0.389 e. The quantitative estimate of drug-likeness (QED) is 0.422. The van der Waals surface area contributed by atoms with E-state index >= 15 is 0 Å². The molecule has 0 amide bonds. The normalized spacial score (nSPS) is 12.1. The van der Waals surface area contributed by atoms with Crippen LogP contribution in [0.25, 0.3) is 22.8 Å². The number of benzene rings is 2. The Labute approximate surface area is 195 Å². The van der Waals surface area contributed by atoms with Gasteiger partial charge in [0, 0.05) is 17.5 Å². The Morgan fingerprint density at radius 2 is 1.73 bits per heavy atom. The zero-order chi connectivity index (χ0) is 24.2. The van der Waals surface area contributed by atoms with Crippen LogP contribution in [0.5, 0.6) is 5.75 Å². The molecule has 0 saturated carbocycles. The monoisotopic (exact) mass is 479 g/mol. The summed E-state index contributed by atoms with van der Waals surface area (Å²) in [6.45, 7) is 6.77.